The first-order chi connectivity index (χ1) is 8.15. The van der Waals surface area contributed by atoms with Gasteiger partial charge in [0.05, 0.1) is 0 Å². The Morgan fingerprint density at radius 2 is 1.94 bits per heavy atom. The van der Waals surface area contributed by atoms with Crippen LogP contribution in [0.2, 0.25) is 5.02 Å². The van der Waals surface area contributed by atoms with Crippen LogP contribution in [0.3, 0.4) is 0 Å². The van der Waals surface area contributed by atoms with Crippen LogP contribution in [-0.2, 0) is 0 Å². The maximum Gasteiger partial charge on any atom is 0.219 e. The number of benzene rings is 1. The van der Waals surface area contributed by atoms with Crippen LogP contribution in [0.25, 0.3) is 0 Å². The molecule has 3 nitrogen and oxygen atoms in total. The molecule has 0 radical (unpaired) electrons. The van der Waals surface area contributed by atoms with E-state index in [2.05, 4.69) is 4.98 Å². The quantitative estimate of drug-likeness (QED) is 0.776. The summed E-state index contributed by atoms with van der Waals surface area (Å²) in [6.45, 7) is 1.50. The van der Waals surface area contributed by atoms with E-state index in [1.807, 2.05) is 0 Å². The van der Waals surface area contributed by atoms with E-state index in [0.29, 0.717) is 22.2 Å². The highest BCUT2D eigenvalue weighted by molar-refractivity contribution is 6.30. The molecule has 0 amide bonds. The number of halogens is 1. The second-order valence-electron chi connectivity index (χ2n) is 3.49. The summed E-state index contributed by atoms with van der Waals surface area (Å²) in [6.07, 6.45) is 1.54. The first-order valence-electron chi connectivity index (χ1n) is 5.05. The SMILES string of the molecule is CC(=O)c1ccnc(Oc2ccc(Cl)cc2)c1. The molecule has 0 saturated heterocycles. The number of pyridine rings is 1. The Labute approximate surface area is 104 Å². The normalized spacial score (nSPS) is 10.0. The molecule has 0 N–H and O–H groups in total. The molecule has 2 rings (SSSR count). The minimum absolute atomic E-state index is 0.0200. The number of carbonyl (C=O) groups is 1. The summed E-state index contributed by atoms with van der Waals surface area (Å²) >= 11 is 5.77. The third kappa shape index (κ3) is 3.04. The highest BCUT2D eigenvalue weighted by Crippen LogP contribution is 2.21. The fraction of sp³-hybridized carbons (Fsp3) is 0.0769. The van der Waals surface area contributed by atoms with Crippen molar-refractivity contribution in [3.05, 3.63) is 53.2 Å². The van der Waals surface area contributed by atoms with Crippen LogP contribution in [0.15, 0.2) is 42.6 Å². The van der Waals surface area contributed by atoms with Gasteiger partial charge >= 0.3 is 0 Å². The summed E-state index contributed by atoms with van der Waals surface area (Å²) < 4.78 is 5.50. The summed E-state index contributed by atoms with van der Waals surface area (Å²) in [5.74, 6) is 0.996. The summed E-state index contributed by atoms with van der Waals surface area (Å²) in [6, 6.07) is 10.2. The van der Waals surface area contributed by atoms with Gasteiger partial charge in [-0.1, -0.05) is 11.6 Å². The number of carbonyl (C=O) groups excluding carboxylic acids is 1. The van der Waals surface area contributed by atoms with Gasteiger partial charge in [0, 0.05) is 22.8 Å². The second-order valence-corrected chi connectivity index (χ2v) is 3.93. The van der Waals surface area contributed by atoms with Gasteiger partial charge in [0.25, 0.3) is 0 Å². The van der Waals surface area contributed by atoms with Crippen LogP contribution in [0.1, 0.15) is 17.3 Å². The summed E-state index contributed by atoms with van der Waals surface area (Å²) in [5, 5.41) is 0.641. The minimum atomic E-state index is -0.0200. The van der Waals surface area contributed by atoms with Gasteiger partial charge in [-0.2, -0.15) is 0 Å². The van der Waals surface area contributed by atoms with Crippen molar-refractivity contribution in [2.75, 3.05) is 0 Å². The predicted molar refractivity (Wildman–Crippen MR) is 65.8 cm³/mol. The van der Waals surface area contributed by atoms with E-state index < -0.39 is 0 Å². The van der Waals surface area contributed by atoms with Gasteiger partial charge in [0.2, 0.25) is 5.88 Å². The highest BCUT2D eigenvalue weighted by Gasteiger charge is 2.03. The molecule has 0 aliphatic heterocycles. The third-order valence-electron chi connectivity index (χ3n) is 2.18. The van der Waals surface area contributed by atoms with E-state index in [1.165, 1.54) is 6.92 Å². The number of Topliss-reactive ketones (excluding diaryl/α,β-unsaturated/α-hetero) is 1. The predicted octanol–water partition coefficient (Wildman–Crippen LogP) is 3.73. The van der Waals surface area contributed by atoms with E-state index in [-0.39, 0.29) is 5.78 Å². The zero-order valence-electron chi connectivity index (χ0n) is 9.18. The molecule has 0 unspecified atom stereocenters. The van der Waals surface area contributed by atoms with Gasteiger partial charge in [-0.25, -0.2) is 4.98 Å². The van der Waals surface area contributed by atoms with Crippen molar-refractivity contribution in [1.29, 1.82) is 0 Å². The zero-order chi connectivity index (χ0) is 12.3. The zero-order valence-corrected chi connectivity index (χ0v) is 9.94. The molecule has 0 spiro atoms. The molecule has 0 aliphatic carbocycles. The Morgan fingerprint density at radius 3 is 2.59 bits per heavy atom. The molecule has 0 aliphatic rings. The third-order valence-corrected chi connectivity index (χ3v) is 2.43. The van der Waals surface area contributed by atoms with Crippen molar-refractivity contribution in [1.82, 2.24) is 4.98 Å². The van der Waals surface area contributed by atoms with Crippen molar-refractivity contribution >= 4 is 17.4 Å². The first-order valence-corrected chi connectivity index (χ1v) is 5.43. The molecule has 17 heavy (non-hydrogen) atoms. The Balaban J connectivity index is 2.21. The Hall–Kier alpha value is -1.87. The number of hydrogen-bond acceptors (Lipinski definition) is 3. The minimum Gasteiger partial charge on any atom is -0.439 e. The fourth-order valence-corrected chi connectivity index (χ4v) is 1.43. The standard InChI is InChI=1S/C13H10ClNO2/c1-9(16)10-6-7-15-13(8-10)17-12-4-2-11(14)3-5-12/h2-8H,1H3. The lowest BCUT2D eigenvalue weighted by atomic mass is 10.2. The van der Waals surface area contributed by atoms with Crippen LogP contribution >= 0.6 is 11.6 Å². The van der Waals surface area contributed by atoms with Gasteiger partial charge in [-0.15, -0.1) is 0 Å². The van der Waals surface area contributed by atoms with Crippen LogP contribution in [-0.4, -0.2) is 10.8 Å². The van der Waals surface area contributed by atoms with Crippen LogP contribution in [0.4, 0.5) is 0 Å². The number of ether oxygens (including phenoxy) is 1. The van der Waals surface area contributed by atoms with Crippen molar-refractivity contribution in [3.63, 3.8) is 0 Å². The van der Waals surface area contributed by atoms with Crippen molar-refractivity contribution in [3.8, 4) is 11.6 Å². The number of ketones is 1. The average molecular weight is 248 g/mol. The van der Waals surface area contributed by atoms with Crippen LogP contribution in [0.5, 0.6) is 11.6 Å². The number of hydrogen-bond donors (Lipinski definition) is 0. The Bertz CT molecular complexity index is 537. The van der Waals surface area contributed by atoms with Gasteiger partial charge in [-0.05, 0) is 37.3 Å². The Morgan fingerprint density at radius 1 is 1.24 bits per heavy atom. The van der Waals surface area contributed by atoms with Crippen molar-refractivity contribution in [2.45, 2.75) is 6.92 Å². The summed E-state index contributed by atoms with van der Waals surface area (Å²) in [7, 11) is 0. The van der Waals surface area contributed by atoms with Gasteiger partial charge in [0.1, 0.15) is 5.75 Å². The van der Waals surface area contributed by atoms with E-state index in [9.17, 15) is 4.79 Å². The smallest absolute Gasteiger partial charge is 0.219 e. The van der Waals surface area contributed by atoms with Crippen molar-refractivity contribution < 1.29 is 9.53 Å². The maximum atomic E-state index is 11.2. The second kappa shape index (κ2) is 4.97. The molecule has 1 heterocycles. The summed E-state index contributed by atoms with van der Waals surface area (Å²) in [5.41, 5.74) is 0.573. The topological polar surface area (TPSA) is 39.2 Å². The van der Waals surface area contributed by atoms with Crippen molar-refractivity contribution in [2.24, 2.45) is 0 Å². The lowest BCUT2D eigenvalue weighted by Gasteiger charge is -2.05. The summed E-state index contributed by atoms with van der Waals surface area (Å²) in [4.78, 5) is 15.2. The monoisotopic (exact) mass is 247 g/mol. The maximum absolute atomic E-state index is 11.2. The molecule has 1 aromatic heterocycles. The molecule has 0 bridgehead atoms. The fourth-order valence-electron chi connectivity index (χ4n) is 1.31. The molecule has 0 fully saturated rings. The van der Waals surface area contributed by atoms with E-state index in [4.69, 9.17) is 16.3 Å². The molecular weight excluding hydrogens is 238 g/mol. The molecular formula is C13H10ClNO2. The van der Waals surface area contributed by atoms with Crippen LogP contribution < -0.4 is 4.74 Å². The Kier molecular flexibility index (Phi) is 3.40. The lowest BCUT2D eigenvalue weighted by Crippen LogP contribution is -1.94. The number of nitrogens with zero attached hydrogens (tertiary/aromatic N) is 1. The van der Waals surface area contributed by atoms with E-state index in [1.54, 1.807) is 42.6 Å². The molecule has 4 heteroatoms. The average Bonchev–Trinajstić information content (AvgIpc) is 2.32. The molecule has 86 valence electrons. The van der Waals surface area contributed by atoms with E-state index >= 15 is 0 Å². The lowest BCUT2D eigenvalue weighted by molar-refractivity contribution is 0.101. The van der Waals surface area contributed by atoms with Crippen LogP contribution in [0, 0.1) is 0 Å². The highest BCUT2D eigenvalue weighted by atomic mass is 35.5. The largest absolute Gasteiger partial charge is 0.439 e. The molecule has 0 atom stereocenters. The van der Waals surface area contributed by atoms with E-state index in [0.717, 1.165) is 0 Å². The van der Waals surface area contributed by atoms with Gasteiger partial charge in [-0.3, -0.25) is 4.79 Å². The molecule has 2 aromatic rings. The van der Waals surface area contributed by atoms with Gasteiger partial charge < -0.3 is 4.74 Å². The number of rotatable bonds is 3. The number of aromatic nitrogens is 1. The first kappa shape index (κ1) is 11.6. The molecule has 0 saturated carbocycles. The van der Waals surface area contributed by atoms with Gasteiger partial charge in [0.15, 0.2) is 5.78 Å². The molecule has 1 aromatic carbocycles.